The SMILES string of the molecule is CCN(CC)c1ccc(N=C2SC(=C3Sc4ccccc4N3C)C(=O)N2c2cccc(C)c2)c(C)c1. The fraction of sp³-hybridized carbons (Fsp3) is 0.241. The first-order valence-corrected chi connectivity index (χ1v) is 13.8. The summed E-state index contributed by atoms with van der Waals surface area (Å²) in [7, 11) is 2.03. The molecule has 184 valence electrons. The minimum absolute atomic E-state index is 0.0380. The molecule has 2 aliphatic heterocycles. The lowest BCUT2D eigenvalue weighted by Crippen LogP contribution is -2.29. The summed E-state index contributed by atoms with van der Waals surface area (Å²) in [6, 6.07) is 22.7. The van der Waals surface area contributed by atoms with Crippen LogP contribution in [0.5, 0.6) is 0 Å². The second-order valence-electron chi connectivity index (χ2n) is 8.88. The fourth-order valence-electron chi connectivity index (χ4n) is 4.53. The van der Waals surface area contributed by atoms with Crippen molar-refractivity contribution < 1.29 is 4.79 Å². The van der Waals surface area contributed by atoms with E-state index < -0.39 is 0 Å². The second-order valence-corrected chi connectivity index (χ2v) is 10.9. The van der Waals surface area contributed by atoms with E-state index >= 15 is 0 Å². The van der Waals surface area contributed by atoms with Crippen molar-refractivity contribution in [2.24, 2.45) is 4.99 Å². The van der Waals surface area contributed by atoms with Crippen molar-refractivity contribution in [2.75, 3.05) is 34.8 Å². The van der Waals surface area contributed by atoms with Crippen molar-refractivity contribution in [3.63, 3.8) is 0 Å². The number of carbonyl (C=O) groups is 1. The van der Waals surface area contributed by atoms with Crippen LogP contribution in [0.15, 0.2) is 86.6 Å². The molecule has 36 heavy (non-hydrogen) atoms. The van der Waals surface area contributed by atoms with Crippen molar-refractivity contribution in [1.82, 2.24) is 0 Å². The summed E-state index contributed by atoms with van der Waals surface area (Å²) in [5.41, 5.74) is 6.21. The number of hydrogen-bond donors (Lipinski definition) is 0. The van der Waals surface area contributed by atoms with Gasteiger partial charge in [0.2, 0.25) is 0 Å². The highest BCUT2D eigenvalue weighted by atomic mass is 32.2. The van der Waals surface area contributed by atoms with Gasteiger partial charge in [-0.1, -0.05) is 36.0 Å². The van der Waals surface area contributed by atoms with Gasteiger partial charge in [0.15, 0.2) is 5.17 Å². The second kappa shape index (κ2) is 10.1. The van der Waals surface area contributed by atoms with Gasteiger partial charge in [-0.15, -0.1) is 0 Å². The van der Waals surface area contributed by atoms with E-state index in [9.17, 15) is 4.79 Å². The average Bonchev–Trinajstić information content (AvgIpc) is 3.37. The minimum atomic E-state index is -0.0380. The van der Waals surface area contributed by atoms with Crippen LogP contribution in [0.25, 0.3) is 0 Å². The molecule has 0 spiro atoms. The van der Waals surface area contributed by atoms with Crippen LogP contribution in [0.1, 0.15) is 25.0 Å². The number of rotatable bonds is 5. The number of amidine groups is 1. The van der Waals surface area contributed by atoms with E-state index in [0.29, 0.717) is 10.1 Å². The van der Waals surface area contributed by atoms with Crippen LogP contribution in [-0.4, -0.2) is 31.2 Å². The molecule has 0 N–H and O–H groups in total. The molecular formula is C29H30N4OS2. The normalized spacial score (nSPS) is 18.4. The van der Waals surface area contributed by atoms with Gasteiger partial charge in [-0.05, 0) is 93.0 Å². The molecule has 5 rings (SSSR count). The van der Waals surface area contributed by atoms with Gasteiger partial charge >= 0.3 is 0 Å². The molecule has 0 atom stereocenters. The third-order valence-electron chi connectivity index (χ3n) is 6.50. The molecule has 0 unspecified atom stereocenters. The van der Waals surface area contributed by atoms with Crippen LogP contribution in [0.2, 0.25) is 0 Å². The number of hydrogen-bond acceptors (Lipinski definition) is 6. The Morgan fingerprint density at radius 1 is 0.917 bits per heavy atom. The lowest BCUT2D eigenvalue weighted by Gasteiger charge is -2.22. The van der Waals surface area contributed by atoms with Gasteiger partial charge in [-0.25, -0.2) is 4.99 Å². The highest BCUT2D eigenvalue weighted by Gasteiger charge is 2.40. The Morgan fingerprint density at radius 2 is 1.69 bits per heavy atom. The Balaban J connectivity index is 1.59. The summed E-state index contributed by atoms with van der Waals surface area (Å²) < 4.78 is 0. The Bertz CT molecular complexity index is 1390. The number of thioether (sulfide) groups is 2. The molecule has 1 fully saturated rings. The first-order chi connectivity index (χ1) is 17.4. The number of benzene rings is 3. The van der Waals surface area contributed by atoms with Crippen molar-refractivity contribution in [1.29, 1.82) is 0 Å². The van der Waals surface area contributed by atoms with Crippen LogP contribution in [-0.2, 0) is 4.79 Å². The Kier molecular flexibility index (Phi) is 6.86. The zero-order chi connectivity index (χ0) is 25.4. The predicted molar refractivity (Wildman–Crippen MR) is 156 cm³/mol. The van der Waals surface area contributed by atoms with E-state index in [4.69, 9.17) is 4.99 Å². The van der Waals surface area contributed by atoms with Gasteiger partial charge in [-0.3, -0.25) is 9.69 Å². The van der Waals surface area contributed by atoms with Crippen molar-refractivity contribution in [3.8, 4) is 0 Å². The molecule has 3 aromatic rings. The lowest BCUT2D eigenvalue weighted by molar-refractivity contribution is -0.113. The van der Waals surface area contributed by atoms with Gasteiger partial charge in [0.1, 0.15) is 4.91 Å². The van der Waals surface area contributed by atoms with Crippen molar-refractivity contribution in [3.05, 3.63) is 87.8 Å². The number of nitrogens with zero attached hydrogens (tertiary/aromatic N) is 4. The topological polar surface area (TPSA) is 39.1 Å². The number of para-hydroxylation sites is 1. The molecule has 2 heterocycles. The monoisotopic (exact) mass is 514 g/mol. The van der Waals surface area contributed by atoms with Crippen LogP contribution in [0, 0.1) is 13.8 Å². The quantitative estimate of drug-likeness (QED) is 0.333. The van der Waals surface area contributed by atoms with E-state index in [0.717, 1.165) is 51.2 Å². The number of fused-ring (bicyclic) bond motifs is 1. The molecule has 1 amide bonds. The first-order valence-electron chi connectivity index (χ1n) is 12.2. The number of aryl methyl sites for hydroxylation is 2. The minimum Gasteiger partial charge on any atom is -0.372 e. The summed E-state index contributed by atoms with van der Waals surface area (Å²) in [5, 5.41) is 1.62. The number of amides is 1. The maximum absolute atomic E-state index is 13.9. The number of anilines is 3. The molecular weight excluding hydrogens is 484 g/mol. The summed E-state index contributed by atoms with van der Waals surface area (Å²) in [5.74, 6) is -0.0380. The first kappa shape index (κ1) is 24.5. The number of carbonyl (C=O) groups excluding carboxylic acids is 1. The molecule has 7 heteroatoms. The Labute approximate surface area is 221 Å². The molecule has 0 aliphatic carbocycles. The van der Waals surface area contributed by atoms with E-state index in [2.05, 4.69) is 60.9 Å². The summed E-state index contributed by atoms with van der Waals surface area (Å²) >= 11 is 3.10. The Hall–Kier alpha value is -3.16. The van der Waals surface area contributed by atoms with Crippen molar-refractivity contribution >= 4 is 57.3 Å². The number of aliphatic imine (C=N–C) groups is 1. The summed E-state index contributed by atoms with van der Waals surface area (Å²) in [6.45, 7) is 10.4. The predicted octanol–water partition coefficient (Wildman–Crippen LogP) is 7.33. The van der Waals surface area contributed by atoms with Crippen LogP contribution >= 0.6 is 23.5 Å². The standard InChI is InChI=1S/C29H30N4OS2/c1-6-32(7-2)21-15-16-23(20(4)18-21)30-29-33(22-12-10-11-19(3)17-22)27(34)26(36-29)28-31(5)24-13-8-9-14-25(24)35-28/h8-18H,6-7H2,1-5H3. The third-order valence-corrected chi connectivity index (χ3v) is 8.89. The maximum Gasteiger partial charge on any atom is 0.274 e. The van der Waals surface area contributed by atoms with E-state index in [1.807, 2.05) is 50.4 Å². The van der Waals surface area contributed by atoms with E-state index in [-0.39, 0.29) is 5.91 Å². The van der Waals surface area contributed by atoms with Gasteiger partial charge in [-0.2, -0.15) is 0 Å². The van der Waals surface area contributed by atoms with Crippen LogP contribution in [0.4, 0.5) is 22.7 Å². The van der Waals surface area contributed by atoms with Crippen LogP contribution < -0.4 is 14.7 Å². The fourth-order valence-corrected chi connectivity index (χ4v) is 6.87. The van der Waals surface area contributed by atoms with Gasteiger partial charge in [0.05, 0.1) is 22.1 Å². The average molecular weight is 515 g/mol. The van der Waals surface area contributed by atoms with Crippen molar-refractivity contribution in [2.45, 2.75) is 32.6 Å². The van der Waals surface area contributed by atoms with Gasteiger partial charge in [0, 0.05) is 30.7 Å². The molecule has 5 nitrogen and oxygen atoms in total. The van der Waals surface area contributed by atoms with Gasteiger partial charge < -0.3 is 9.80 Å². The summed E-state index contributed by atoms with van der Waals surface area (Å²) in [4.78, 5) is 27.0. The highest BCUT2D eigenvalue weighted by Crippen LogP contribution is 2.50. The largest absolute Gasteiger partial charge is 0.372 e. The van der Waals surface area contributed by atoms with Crippen LogP contribution in [0.3, 0.4) is 0 Å². The highest BCUT2D eigenvalue weighted by molar-refractivity contribution is 8.20. The molecule has 2 aliphatic rings. The van der Waals surface area contributed by atoms with E-state index in [1.54, 1.807) is 16.7 Å². The molecule has 1 saturated heterocycles. The van der Waals surface area contributed by atoms with E-state index in [1.165, 1.54) is 17.4 Å². The third kappa shape index (κ3) is 4.42. The lowest BCUT2D eigenvalue weighted by atomic mass is 10.1. The molecule has 0 aromatic heterocycles. The van der Waals surface area contributed by atoms with Gasteiger partial charge in [0.25, 0.3) is 5.91 Å². The Morgan fingerprint density at radius 3 is 2.39 bits per heavy atom. The maximum atomic E-state index is 13.9. The molecule has 0 radical (unpaired) electrons. The molecule has 0 saturated carbocycles. The molecule has 0 bridgehead atoms. The smallest absolute Gasteiger partial charge is 0.274 e. The summed E-state index contributed by atoms with van der Waals surface area (Å²) in [6.07, 6.45) is 0. The zero-order valence-corrected chi connectivity index (χ0v) is 22.9. The zero-order valence-electron chi connectivity index (χ0n) is 21.3. The molecule has 3 aromatic carbocycles.